The highest BCUT2D eigenvalue weighted by Gasteiger charge is 2.60. The van der Waals surface area contributed by atoms with Gasteiger partial charge in [-0.15, -0.1) is 0 Å². The molecule has 1 atom stereocenters. The van der Waals surface area contributed by atoms with E-state index < -0.39 is 22.9 Å². The van der Waals surface area contributed by atoms with Crippen LogP contribution in [0.15, 0.2) is 18.2 Å². The molecule has 3 rings (SSSR count). The molecule has 2 fully saturated rings. The summed E-state index contributed by atoms with van der Waals surface area (Å²) in [4.78, 5) is 25.7. The standard InChI is InChI=1S/C17H19F2NO3/c1-11-7-12(9-13(18)8-11)17(19)5-6-20(10-17)14(21)16(3-4-16)15(22)23-2/h7-9H,3-6,10H2,1-2H3/t17-/m0/s1. The summed E-state index contributed by atoms with van der Waals surface area (Å²) in [5.41, 5.74) is -2.03. The third-order valence-electron chi connectivity index (χ3n) is 4.80. The van der Waals surface area contributed by atoms with Gasteiger partial charge in [-0.05, 0) is 43.0 Å². The van der Waals surface area contributed by atoms with Crippen LogP contribution in [-0.2, 0) is 20.0 Å². The van der Waals surface area contributed by atoms with Gasteiger partial charge in [0.25, 0.3) is 0 Å². The van der Waals surface area contributed by atoms with Crippen LogP contribution in [0.4, 0.5) is 8.78 Å². The summed E-state index contributed by atoms with van der Waals surface area (Å²) in [6, 6.07) is 4.11. The van der Waals surface area contributed by atoms with E-state index >= 15 is 4.39 Å². The predicted octanol–water partition coefficient (Wildman–Crippen LogP) is 2.48. The Labute approximate surface area is 133 Å². The second-order valence-electron chi connectivity index (χ2n) is 6.53. The fraction of sp³-hybridized carbons (Fsp3) is 0.529. The number of carbonyl (C=O) groups is 2. The summed E-state index contributed by atoms with van der Waals surface area (Å²) in [5, 5.41) is 0. The van der Waals surface area contributed by atoms with E-state index in [0.717, 1.165) is 0 Å². The van der Waals surface area contributed by atoms with Crippen LogP contribution in [0, 0.1) is 18.2 Å². The summed E-state index contributed by atoms with van der Waals surface area (Å²) in [5.74, 6) is -1.42. The summed E-state index contributed by atoms with van der Waals surface area (Å²) in [6.07, 6.45) is 0.972. The number of nitrogens with zero attached hydrogens (tertiary/aromatic N) is 1. The van der Waals surface area contributed by atoms with E-state index in [0.29, 0.717) is 18.4 Å². The first-order valence-electron chi connectivity index (χ1n) is 7.65. The fourth-order valence-electron chi connectivity index (χ4n) is 3.31. The number of methoxy groups -OCH3 is 1. The second-order valence-corrected chi connectivity index (χ2v) is 6.53. The quantitative estimate of drug-likeness (QED) is 0.634. The lowest BCUT2D eigenvalue weighted by atomic mass is 9.93. The Morgan fingerprint density at radius 2 is 1.91 bits per heavy atom. The van der Waals surface area contributed by atoms with E-state index in [1.807, 2.05) is 0 Å². The van der Waals surface area contributed by atoms with Gasteiger partial charge in [0.05, 0.1) is 13.7 Å². The van der Waals surface area contributed by atoms with E-state index in [4.69, 9.17) is 4.74 Å². The van der Waals surface area contributed by atoms with Crippen molar-refractivity contribution in [3.05, 3.63) is 35.1 Å². The maximum atomic E-state index is 15.2. The van der Waals surface area contributed by atoms with E-state index in [2.05, 4.69) is 0 Å². The van der Waals surface area contributed by atoms with Gasteiger partial charge in [-0.3, -0.25) is 9.59 Å². The van der Waals surface area contributed by atoms with Gasteiger partial charge >= 0.3 is 5.97 Å². The van der Waals surface area contributed by atoms with Crippen LogP contribution in [0.1, 0.15) is 30.4 Å². The number of carbonyl (C=O) groups excluding carboxylic acids is 2. The minimum Gasteiger partial charge on any atom is -0.468 e. The number of hydrogen-bond acceptors (Lipinski definition) is 3. The van der Waals surface area contributed by atoms with Gasteiger partial charge in [0.2, 0.25) is 5.91 Å². The molecule has 1 aliphatic carbocycles. The lowest BCUT2D eigenvalue weighted by molar-refractivity contribution is -0.155. The van der Waals surface area contributed by atoms with Crippen LogP contribution in [0.25, 0.3) is 0 Å². The van der Waals surface area contributed by atoms with Crippen molar-refractivity contribution < 1.29 is 23.1 Å². The molecule has 0 aromatic heterocycles. The molecule has 1 aliphatic heterocycles. The second kappa shape index (κ2) is 5.28. The SMILES string of the molecule is COC(=O)C1(C(=O)N2CC[C@@](F)(c3cc(C)cc(F)c3)C2)CC1. The van der Waals surface area contributed by atoms with Crippen LogP contribution in [0.3, 0.4) is 0 Å². The molecule has 6 heteroatoms. The maximum Gasteiger partial charge on any atom is 0.321 e. The van der Waals surface area contributed by atoms with Crippen molar-refractivity contribution >= 4 is 11.9 Å². The van der Waals surface area contributed by atoms with Gasteiger partial charge in [-0.25, -0.2) is 8.78 Å². The lowest BCUT2D eigenvalue weighted by Gasteiger charge is -2.24. The first kappa shape index (κ1) is 15.9. The molecular weight excluding hydrogens is 304 g/mol. The topological polar surface area (TPSA) is 46.6 Å². The van der Waals surface area contributed by atoms with Gasteiger partial charge < -0.3 is 9.64 Å². The molecule has 1 heterocycles. The van der Waals surface area contributed by atoms with Crippen LogP contribution < -0.4 is 0 Å². The van der Waals surface area contributed by atoms with Gasteiger partial charge in [0, 0.05) is 13.0 Å². The molecule has 0 unspecified atom stereocenters. The first-order chi connectivity index (χ1) is 10.8. The average molecular weight is 323 g/mol. The van der Waals surface area contributed by atoms with Crippen molar-refractivity contribution in [1.29, 1.82) is 0 Å². The molecular formula is C17H19F2NO3. The largest absolute Gasteiger partial charge is 0.468 e. The van der Waals surface area contributed by atoms with Crippen molar-refractivity contribution in [2.75, 3.05) is 20.2 Å². The van der Waals surface area contributed by atoms with Crippen molar-refractivity contribution in [3.8, 4) is 0 Å². The smallest absolute Gasteiger partial charge is 0.321 e. The summed E-state index contributed by atoms with van der Waals surface area (Å²) < 4.78 is 33.5. The molecule has 4 nitrogen and oxygen atoms in total. The molecule has 1 aromatic rings. The summed E-state index contributed by atoms with van der Waals surface area (Å²) >= 11 is 0. The molecule has 23 heavy (non-hydrogen) atoms. The molecule has 0 bridgehead atoms. The number of alkyl halides is 1. The zero-order chi connectivity index (χ0) is 16.8. The zero-order valence-electron chi connectivity index (χ0n) is 13.2. The highest BCUT2D eigenvalue weighted by atomic mass is 19.1. The first-order valence-corrected chi connectivity index (χ1v) is 7.65. The Balaban J connectivity index is 1.80. The van der Waals surface area contributed by atoms with Crippen LogP contribution in [-0.4, -0.2) is 37.0 Å². The number of benzene rings is 1. The minimum atomic E-state index is -1.78. The minimum absolute atomic E-state index is 0.0961. The highest BCUT2D eigenvalue weighted by molar-refractivity contribution is 6.05. The van der Waals surface area contributed by atoms with E-state index in [-0.39, 0.29) is 31.0 Å². The molecule has 1 saturated carbocycles. The third-order valence-corrected chi connectivity index (χ3v) is 4.80. The number of ether oxygens (including phenoxy) is 1. The Morgan fingerprint density at radius 1 is 1.22 bits per heavy atom. The molecule has 1 saturated heterocycles. The number of hydrogen-bond donors (Lipinski definition) is 0. The Bertz CT molecular complexity index is 652. The number of amides is 1. The Kier molecular flexibility index (Phi) is 3.65. The summed E-state index contributed by atoms with van der Waals surface area (Å²) in [7, 11) is 1.24. The van der Waals surface area contributed by atoms with E-state index in [1.165, 1.54) is 24.1 Å². The lowest BCUT2D eigenvalue weighted by Crippen LogP contribution is -2.41. The van der Waals surface area contributed by atoms with Crippen LogP contribution >= 0.6 is 0 Å². The van der Waals surface area contributed by atoms with E-state index in [1.54, 1.807) is 13.0 Å². The Morgan fingerprint density at radius 3 is 2.48 bits per heavy atom. The van der Waals surface area contributed by atoms with Crippen molar-refractivity contribution in [2.24, 2.45) is 5.41 Å². The number of esters is 1. The summed E-state index contributed by atoms with van der Waals surface area (Å²) in [6.45, 7) is 1.75. The molecule has 124 valence electrons. The monoisotopic (exact) mass is 323 g/mol. The van der Waals surface area contributed by atoms with Gasteiger partial charge in [-0.2, -0.15) is 0 Å². The van der Waals surface area contributed by atoms with Gasteiger partial charge in [-0.1, -0.05) is 6.07 Å². The molecule has 0 spiro atoms. The molecule has 1 amide bonds. The predicted molar refractivity (Wildman–Crippen MR) is 78.8 cm³/mol. The van der Waals surface area contributed by atoms with Crippen molar-refractivity contribution in [2.45, 2.75) is 31.9 Å². The molecule has 1 aromatic carbocycles. The van der Waals surface area contributed by atoms with Crippen molar-refractivity contribution in [1.82, 2.24) is 4.90 Å². The zero-order valence-corrected chi connectivity index (χ0v) is 13.2. The van der Waals surface area contributed by atoms with Gasteiger partial charge in [0.1, 0.15) is 11.2 Å². The number of rotatable bonds is 3. The molecule has 2 aliphatic rings. The highest BCUT2D eigenvalue weighted by Crippen LogP contribution is 2.50. The van der Waals surface area contributed by atoms with Crippen LogP contribution in [0.2, 0.25) is 0 Å². The maximum absolute atomic E-state index is 15.2. The molecule has 0 radical (unpaired) electrons. The van der Waals surface area contributed by atoms with Crippen molar-refractivity contribution in [3.63, 3.8) is 0 Å². The third kappa shape index (κ3) is 2.60. The van der Waals surface area contributed by atoms with E-state index in [9.17, 15) is 14.0 Å². The van der Waals surface area contributed by atoms with Crippen LogP contribution in [0.5, 0.6) is 0 Å². The number of likely N-dealkylation sites (tertiary alicyclic amines) is 1. The average Bonchev–Trinajstić information content (AvgIpc) is 3.22. The Hall–Kier alpha value is -1.98. The fourth-order valence-corrected chi connectivity index (χ4v) is 3.31. The molecule has 0 N–H and O–H groups in total. The van der Waals surface area contributed by atoms with Gasteiger partial charge in [0.15, 0.2) is 5.67 Å². The normalized spacial score (nSPS) is 25.3. The number of halogens is 2. The number of aryl methyl sites for hydroxylation is 1.